The molecule has 1 aliphatic carbocycles. The summed E-state index contributed by atoms with van der Waals surface area (Å²) >= 11 is 6.43. The Labute approximate surface area is 293 Å². The molecule has 1 saturated carbocycles. The van der Waals surface area contributed by atoms with Gasteiger partial charge >= 0.3 is 5.92 Å². The second-order valence-corrected chi connectivity index (χ2v) is 13.7. The van der Waals surface area contributed by atoms with E-state index < -0.39 is 19.1 Å². The smallest absolute Gasteiger partial charge is 0.304 e. The molecule has 17 heteroatoms. The zero-order valence-corrected chi connectivity index (χ0v) is 28.8. The highest BCUT2D eigenvalue weighted by molar-refractivity contribution is 6.32. The van der Waals surface area contributed by atoms with Crippen molar-refractivity contribution in [3.05, 3.63) is 48.1 Å². The maximum absolute atomic E-state index is 14.4. The van der Waals surface area contributed by atoms with Gasteiger partial charge in [-0.05, 0) is 73.6 Å². The number of methoxy groups -OCH3 is 1. The van der Waals surface area contributed by atoms with E-state index in [1.165, 1.54) is 26.3 Å². The third-order valence-corrected chi connectivity index (χ3v) is 9.87. The maximum atomic E-state index is 14.4. The fourth-order valence-electron chi connectivity index (χ4n) is 7.28. The quantitative estimate of drug-likeness (QED) is 0.184. The first-order chi connectivity index (χ1) is 24.2. The highest BCUT2D eigenvalue weighted by Gasteiger charge is 2.42. The molecule has 14 nitrogen and oxygen atoms in total. The van der Waals surface area contributed by atoms with E-state index in [0.29, 0.717) is 41.1 Å². The first-order valence-electron chi connectivity index (χ1n) is 16.9. The molecule has 0 spiro atoms. The summed E-state index contributed by atoms with van der Waals surface area (Å²) in [4.78, 5) is 11.7. The molecule has 1 N–H and O–H groups in total. The number of benzene rings is 1. The second kappa shape index (κ2) is 15.1. The molecule has 268 valence electrons. The van der Waals surface area contributed by atoms with Crippen LogP contribution in [-0.4, -0.2) is 109 Å². The van der Waals surface area contributed by atoms with E-state index in [0.717, 1.165) is 50.0 Å². The number of nitrogens with one attached hydrogen (secondary N) is 1. The van der Waals surface area contributed by atoms with Crippen LogP contribution in [0.5, 0.6) is 11.6 Å². The Kier molecular flexibility index (Phi) is 10.4. The van der Waals surface area contributed by atoms with E-state index in [9.17, 15) is 8.78 Å². The largest absolute Gasteiger partial charge is 0.487 e. The molecule has 2 aliphatic heterocycles. The van der Waals surface area contributed by atoms with Crippen molar-refractivity contribution in [2.45, 2.75) is 88.2 Å². The van der Waals surface area contributed by atoms with Crippen LogP contribution in [-0.2, 0) is 16.0 Å². The molecule has 3 aromatic heterocycles. The normalized spacial score (nSPS) is 23.1. The van der Waals surface area contributed by atoms with Crippen molar-refractivity contribution in [2.75, 3.05) is 38.9 Å². The van der Waals surface area contributed by atoms with Crippen molar-refractivity contribution in [3.63, 3.8) is 0 Å². The Morgan fingerprint density at radius 1 is 1.00 bits per heavy atom. The number of nitrogens with zero attached hydrogens (tertiary/aromatic N) is 9. The molecule has 0 radical (unpaired) electrons. The number of rotatable bonds is 14. The molecule has 1 aromatic carbocycles. The number of aromatic nitrogens is 8. The fourth-order valence-corrected chi connectivity index (χ4v) is 7.44. The number of ether oxygens (including phenoxy) is 4. The van der Waals surface area contributed by atoms with E-state index >= 15 is 0 Å². The van der Waals surface area contributed by atoms with Gasteiger partial charge in [-0.2, -0.15) is 0 Å². The lowest BCUT2D eigenvalue weighted by molar-refractivity contribution is -0.0917. The lowest BCUT2D eigenvalue weighted by Crippen LogP contribution is -2.52. The Hall–Kier alpha value is -3.99. The van der Waals surface area contributed by atoms with Crippen LogP contribution in [0.1, 0.15) is 51.5 Å². The van der Waals surface area contributed by atoms with Crippen molar-refractivity contribution < 1.29 is 27.7 Å². The standard InChI is InChI=1S/C33H41ClF2N10O4/c1-21(14-44-20-39-42-43-44)50-30-11-22(3-10-28(30)34)23-12-37-32(38-13-23)40-29-15-45(41-31(29)49-19-33(35,36)18-47-2)24-4-6-25(7-5-24)46-26-8-9-27(46)17-48-16-26/h3,10-13,15,20-21,24-27H,4-9,14,16-19H2,1-2H3,(H,37,38,40)/t21-,24?,25?,26-,27+/m0/s1. The third kappa shape index (κ3) is 7.98. The Bertz CT molecular complexity index is 1690. The minimum absolute atomic E-state index is 0.0529. The summed E-state index contributed by atoms with van der Waals surface area (Å²) < 4.78 is 54.3. The Morgan fingerprint density at radius 3 is 2.42 bits per heavy atom. The van der Waals surface area contributed by atoms with Crippen LogP contribution in [0.3, 0.4) is 0 Å². The lowest BCUT2D eigenvalue weighted by atomic mass is 9.89. The molecule has 0 amide bonds. The number of tetrazole rings is 1. The van der Waals surface area contributed by atoms with Crippen molar-refractivity contribution >= 4 is 23.2 Å². The number of hydrogen-bond acceptors (Lipinski definition) is 12. The van der Waals surface area contributed by atoms with Crippen LogP contribution in [0.4, 0.5) is 20.4 Å². The van der Waals surface area contributed by atoms with Gasteiger partial charge in [0.2, 0.25) is 5.95 Å². The average molecular weight is 715 g/mol. The number of alkyl halides is 2. The fraction of sp³-hybridized carbons (Fsp3) is 0.576. The van der Waals surface area contributed by atoms with Gasteiger partial charge in [-0.15, -0.1) is 10.2 Å². The summed E-state index contributed by atoms with van der Waals surface area (Å²) in [6.45, 7) is 2.34. The summed E-state index contributed by atoms with van der Waals surface area (Å²) in [5.41, 5.74) is 1.92. The summed E-state index contributed by atoms with van der Waals surface area (Å²) in [6, 6.07) is 7.09. The predicted molar refractivity (Wildman–Crippen MR) is 179 cm³/mol. The van der Waals surface area contributed by atoms with Crippen LogP contribution in [0.25, 0.3) is 11.1 Å². The van der Waals surface area contributed by atoms with Crippen molar-refractivity contribution in [1.82, 2.24) is 44.9 Å². The summed E-state index contributed by atoms with van der Waals surface area (Å²) in [5.74, 6) is -2.38. The van der Waals surface area contributed by atoms with Gasteiger partial charge in [-0.1, -0.05) is 17.7 Å². The SMILES string of the molecule is COCC(F)(F)COc1nn(C2CCC(N3[C@@H]4CC[C@H]3COC4)CC2)cc1Nc1ncc(-c2ccc(Cl)c(O[C@@H](C)Cn3cnnn3)c2)cn1. The van der Waals surface area contributed by atoms with Gasteiger partial charge in [0.25, 0.3) is 5.88 Å². The van der Waals surface area contributed by atoms with Gasteiger partial charge in [0.1, 0.15) is 30.5 Å². The van der Waals surface area contributed by atoms with Gasteiger partial charge in [0.15, 0.2) is 6.61 Å². The molecule has 50 heavy (non-hydrogen) atoms. The van der Waals surface area contributed by atoms with Gasteiger partial charge in [-0.3, -0.25) is 9.58 Å². The number of hydrogen-bond donors (Lipinski definition) is 1. The second-order valence-electron chi connectivity index (χ2n) is 13.3. The van der Waals surface area contributed by atoms with Crippen LogP contribution in [0, 0.1) is 0 Å². The van der Waals surface area contributed by atoms with Gasteiger partial charge < -0.3 is 24.3 Å². The van der Waals surface area contributed by atoms with Gasteiger partial charge in [-0.25, -0.2) is 23.4 Å². The molecule has 2 saturated heterocycles. The molecule has 3 atom stereocenters. The third-order valence-electron chi connectivity index (χ3n) is 9.56. The van der Waals surface area contributed by atoms with Crippen molar-refractivity contribution in [1.29, 1.82) is 0 Å². The molecule has 3 aliphatic rings. The Balaban J connectivity index is 1.04. The first kappa shape index (κ1) is 34.5. The molecule has 7 rings (SSSR count). The van der Waals surface area contributed by atoms with E-state index in [1.54, 1.807) is 29.3 Å². The van der Waals surface area contributed by atoms with E-state index in [-0.39, 0.29) is 24.0 Å². The van der Waals surface area contributed by atoms with Gasteiger partial charge in [0.05, 0.1) is 37.0 Å². The zero-order chi connectivity index (χ0) is 34.7. The van der Waals surface area contributed by atoms with Gasteiger partial charge in [0, 0.05) is 43.2 Å². The molecular formula is C33H41ClF2N10O4. The minimum atomic E-state index is -3.18. The molecule has 0 unspecified atom stereocenters. The van der Waals surface area contributed by atoms with Crippen molar-refractivity contribution in [3.8, 4) is 22.8 Å². The first-order valence-corrected chi connectivity index (χ1v) is 17.3. The van der Waals surface area contributed by atoms with Crippen LogP contribution < -0.4 is 14.8 Å². The molecular weight excluding hydrogens is 674 g/mol. The van der Waals surface area contributed by atoms with Crippen LogP contribution >= 0.6 is 11.6 Å². The average Bonchev–Trinajstić information content (AvgIpc) is 3.83. The van der Waals surface area contributed by atoms with E-state index in [1.807, 2.05) is 23.7 Å². The summed E-state index contributed by atoms with van der Waals surface area (Å²) in [6.07, 6.45) is 12.7. The molecule has 2 bridgehead atoms. The molecule has 3 fully saturated rings. The molecule has 4 aromatic rings. The topological polar surface area (TPSA) is 139 Å². The predicted octanol–water partition coefficient (Wildman–Crippen LogP) is 5.20. The highest BCUT2D eigenvalue weighted by atomic mass is 35.5. The highest BCUT2D eigenvalue weighted by Crippen LogP contribution is 2.40. The molecule has 5 heterocycles. The number of anilines is 2. The van der Waals surface area contributed by atoms with Crippen molar-refractivity contribution in [2.24, 2.45) is 0 Å². The summed E-state index contributed by atoms with van der Waals surface area (Å²) in [5, 5.41) is 19.4. The van der Waals surface area contributed by atoms with E-state index in [4.69, 9.17) is 25.8 Å². The zero-order valence-electron chi connectivity index (χ0n) is 28.0. The monoisotopic (exact) mass is 714 g/mol. The maximum Gasteiger partial charge on any atom is 0.304 e. The summed E-state index contributed by atoms with van der Waals surface area (Å²) in [7, 11) is 1.23. The van der Waals surface area contributed by atoms with E-state index in [2.05, 4.69) is 45.5 Å². The number of morpholine rings is 1. The minimum Gasteiger partial charge on any atom is -0.487 e. The number of fused-ring (bicyclic) bond motifs is 2. The van der Waals surface area contributed by atoms with Crippen LogP contribution in [0.2, 0.25) is 5.02 Å². The van der Waals surface area contributed by atoms with Crippen LogP contribution in [0.15, 0.2) is 43.1 Å². The number of halogens is 3. The lowest BCUT2D eigenvalue weighted by Gasteiger charge is -2.43. The Morgan fingerprint density at radius 2 is 1.72 bits per heavy atom.